The van der Waals surface area contributed by atoms with Crippen LogP contribution in [0.2, 0.25) is 0 Å². The van der Waals surface area contributed by atoms with Gasteiger partial charge in [-0.1, -0.05) is 36.4 Å². The van der Waals surface area contributed by atoms with Gasteiger partial charge >= 0.3 is 0 Å². The Bertz CT molecular complexity index is 819. The fourth-order valence-corrected chi connectivity index (χ4v) is 4.44. The van der Waals surface area contributed by atoms with Gasteiger partial charge in [-0.05, 0) is 47.9 Å². The number of hydrogen-bond acceptors (Lipinski definition) is 3. The molecule has 21 heavy (non-hydrogen) atoms. The molecule has 1 aliphatic carbocycles. The first-order valence-corrected chi connectivity index (χ1v) is 8.15. The Kier molecular flexibility index (Phi) is 2.35. The molecule has 0 amide bonds. The lowest BCUT2D eigenvalue weighted by atomic mass is 9.88. The van der Waals surface area contributed by atoms with Crippen LogP contribution in [0.3, 0.4) is 0 Å². The van der Waals surface area contributed by atoms with Gasteiger partial charge in [0.2, 0.25) is 0 Å². The molecule has 5 rings (SSSR count). The van der Waals surface area contributed by atoms with E-state index in [0.29, 0.717) is 0 Å². The molecule has 0 saturated carbocycles. The summed E-state index contributed by atoms with van der Waals surface area (Å²) in [4.78, 5) is 8.70. The second-order valence-electron chi connectivity index (χ2n) is 5.66. The molecule has 0 unspecified atom stereocenters. The standard InChI is InChI=1S/C18H14N2S/c1-2-6-14-12(5-1)9-10-13-11-20-15-7-3-4-8-16(15)21-18(20)19-17(13)14/h1-8H,9-11H2. The molecule has 0 bridgehead atoms. The smallest absolute Gasteiger partial charge is 0.174 e. The number of hydrogen-bond donors (Lipinski definition) is 0. The van der Waals surface area contributed by atoms with Crippen LogP contribution in [-0.2, 0) is 6.42 Å². The Morgan fingerprint density at radius 3 is 2.81 bits per heavy atom. The number of aryl methyl sites for hydroxylation is 1. The Morgan fingerprint density at radius 1 is 0.952 bits per heavy atom. The summed E-state index contributed by atoms with van der Waals surface area (Å²) < 4.78 is 0. The molecule has 2 aliphatic heterocycles. The lowest BCUT2D eigenvalue weighted by Gasteiger charge is -2.30. The lowest BCUT2D eigenvalue weighted by Crippen LogP contribution is -2.32. The first-order chi connectivity index (χ1) is 10.4. The van der Waals surface area contributed by atoms with E-state index >= 15 is 0 Å². The third-order valence-corrected chi connectivity index (χ3v) is 5.51. The van der Waals surface area contributed by atoms with Gasteiger partial charge in [0.25, 0.3) is 0 Å². The Morgan fingerprint density at radius 2 is 1.81 bits per heavy atom. The Balaban J connectivity index is 1.64. The number of rotatable bonds is 0. The van der Waals surface area contributed by atoms with Crippen LogP contribution >= 0.6 is 11.8 Å². The molecule has 0 fully saturated rings. The van der Waals surface area contributed by atoms with E-state index in [9.17, 15) is 0 Å². The van der Waals surface area contributed by atoms with Crippen LogP contribution in [0.15, 0.2) is 64.0 Å². The Hall–Kier alpha value is -2.00. The van der Waals surface area contributed by atoms with Gasteiger partial charge in [0, 0.05) is 17.0 Å². The van der Waals surface area contributed by atoms with Crippen LogP contribution in [0.1, 0.15) is 17.5 Å². The maximum Gasteiger partial charge on any atom is 0.174 e. The molecule has 2 aromatic carbocycles. The van der Waals surface area contributed by atoms with Crippen LogP contribution in [0.25, 0.3) is 5.70 Å². The van der Waals surface area contributed by atoms with Crippen molar-refractivity contribution in [3.05, 3.63) is 65.2 Å². The molecule has 0 spiro atoms. The van der Waals surface area contributed by atoms with Crippen molar-refractivity contribution in [2.75, 3.05) is 11.4 Å². The van der Waals surface area contributed by atoms with E-state index in [1.54, 1.807) is 11.8 Å². The molecule has 3 aliphatic rings. The highest BCUT2D eigenvalue weighted by Gasteiger charge is 2.33. The molecule has 0 radical (unpaired) electrons. The van der Waals surface area contributed by atoms with Gasteiger partial charge in [0.1, 0.15) is 0 Å². The Labute approximate surface area is 128 Å². The van der Waals surface area contributed by atoms with Crippen molar-refractivity contribution < 1.29 is 0 Å². The lowest BCUT2D eigenvalue weighted by molar-refractivity contribution is 0.862. The number of amidine groups is 1. The highest BCUT2D eigenvalue weighted by molar-refractivity contribution is 8.14. The largest absolute Gasteiger partial charge is 0.315 e. The van der Waals surface area contributed by atoms with E-state index in [-0.39, 0.29) is 0 Å². The van der Waals surface area contributed by atoms with E-state index in [4.69, 9.17) is 4.99 Å². The third kappa shape index (κ3) is 1.64. The molecule has 102 valence electrons. The highest BCUT2D eigenvalue weighted by atomic mass is 32.2. The first kappa shape index (κ1) is 11.6. The van der Waals surface area contributed by atoms with E-state index < -0.39 is 0 Å². The molecule has 0 aromatic heterocycles. The molecule has 0 N–H and O–H groups in total. The van der Waals surface area contributed by atoms with Crippen molar-refractivity contribution in [2.45, 2.75) is 17.7 Å². The van der Waals surface area contributed by atoms with Gasteiger partial charge in [0.05, 0.1) is 11.4 Å². The zero-order valence-electron chi connectivity index (χ0n) is 11.5. The van der Waals surface area contributed by atoms with Gasteiger partial charge in [-0.25, -0.2) is 4.99 Å². The van der Waals surface area contributed by atoms with Crippen molar-refractivity contribution >= 4 is 28.3 Å². The average Bonchev–Trinajstić information content (AvgIpc) is 2.90. The number of fused-ring (bicyclic) bond motifs is 5. The highest BCUT2D eigenvalue weighted by Crippen LogP contribution is 2.45. The van der Waals surface area contributed by atoms with E-state index in [1.165, 1.54) is 33.0 Å². The molecular weight excluding hydrogens is 276 g/mol. The topological polar surface area (TPSA) is 15.6 Å². The SMILES string of the molecule is c1ccc2c(c1)CCC1=C2N=C2Sc3ccccc3N2C1. The van der Waals surface area contributed by atoms with E-state index in [1.807, 2.05) is 0 Å². The van der Waals surface area contributed by atoms with Crippen molar-refractivity contribution in [1.29, 1.82) is 0 Å². The maximum atomic E-state index is 5.01. The minimum absolute atomic E-state index is 0.993. The summed E-state index contributed by atoms with van der Waals surface area (Å²) in [5.74, 6) is 0. The van der Waals surface area contributed by atoms with Gasteiger partial charge in [-0.3, -0.25) is 0 Å². The molecule has 0 saturated heterocycles. The molecular formula is C18H14N2S. The summed E-state index contributed by atoms with van der Waals surface area (Å²) in [6, 6.07) is 17.3. The minimum Gasteiger partial charge on any atom is -0.315 e. The normalized spacial score (nSPS) is 18.7. The second kappa shape index (κ2) is 4.25. The fourth-order valence-electron chi connectivity index (χ4n) is 3.40. The predicted octanol–water partition coefficient (Wildman–Crippen LogP) is 4.33. The summed E-state index contributed by atoms with van der Waals surface area (Å²) >= 11 is 1.79. The minimum atomic E-state index is 0.993. The predicted molar refractivity (Wildman–Crippen MR) is 88.8 cm³/mol. The number of anilines is 1. The van der Waals surface area contributed by atoms with Gasteiger partial charge in [0.15, 0.2) is 5.17 Å². The van der Waals surface area contributed by atoms with Crippen LogP contribution < -0.4 is 4.90 Å². The summed E-state index contributed by atoms with van der Waals surface area (Å²) in [7, 11) is 0. The number of aliphatic imine (C=N–C) groups is 1. The number of para-hydroxylation sites is 1. The van der Waals surface area contributed by atoms with Crippen LogP contribution in [-0.4, -0.2) is 11.7 Å². The molecule has 2 nitrogen and oxygen atoms in total. The van der Waals surface area contributed by atoms with Crippen molar-refractivity contribution in [1.82, 2.24) is 0 Å². The van der Waals surface area contributed by atoms with E-state index in [2.05, 4.69) is 53.4 Å². The zero-order valence-corrected chi connectivity index (χ0v) is 12.4. The number of benzene rings is 2. The second-order valence-corrected chi connectivity index (χ2v) is 6.67. The summed E-state index contributed by atoms with van der Waals surface area (Å²) in [6.45, 7) is 0.993. The quantitative estimate of drug-likeness (QED) is 0.718. The average molecular weight is 290 g/mol. The summed E-state index contributed by atoms with van der Waals surface area (Å²) in [5, 5.41) is 1.13. The maximum absolute atomic E-state index is 5.01. The molecule has 0 atom stereocenters. The fraction of sp³-hybridized carbons (Fsp3) is 0.167. The molecule has 2 aromatic rings. The zero-order chi connectivity index (χ0) is 13.8. The van der Waals surface area contributed by atoms with Gasteiger partial charge < -0.3 is 4.90 Å². The van der Waals surface area contributed by atoms with Crippen molar-refractivity contribution in [3.63, 3.8) is 0 Å². The summed E-state index contributed by atoms with van der Waals surface area (Å²) in [5.41, 5.74) is 6.79. The van der Waals surface area contributed by atoms with Crippen LogP contribution in [0.5, 0.6) is 0 Å². The number of nitrogens with zero attached hydrogens (tertiary/aromatic N) is 2. The van der Waals surface area contributed by atoms with Gasteiger partial charge in [-0.15, -0.1) is 0 Å². The van der Waals surface area contributed by atoms with Crippen LogP contribution in [0, 0.1) is 0 Å². The number of thioether (sulfide) groups is 1. The van der Waals surface area contributed by atoms with Crippen LogP contribution in [0.4, 0.5) is 5.69 Å². The summed E-state index contributed by atoms with van der Waals surface area (Å²) in [6.07, 6.45) is 2.27. The van der Waals surface area contributed by atoms with Gasteiger partial charge in [-0.2, -0.15) is 0 Å². The molecule has 2 heterocycles. The molecule has 3 heteroatoms. The third-order valence-electron chi connectivity index (χ3n) is 4.45. The van der Waals surface area contributed by atoms with Crippen molar-refractivity contribution in [2.24, 2.45) is 4.99 Å². The monoisotopic (exact) mass is 290 g/mol. The first-order valence-electron chi connectivity index (χ1n) is 7.33. The van der Waals surface area contributed by atoms with Crippen molar-refractivity contribution in [3.8, 4) is 0 Å². The van der Waals surface area contributed by atoms with E-state index in [0.717, 1.165) is 24.6 Å².